The standard InChI is InChI=1S/C20H18BrN5O/c1-13-17(11-14-5-3-2-4-6-14)19(27)26-20(23-13)24-18(25-26)12-22-16-9-7-15(21)8-10-16/h2-10,22H,11-12H2,1H3,(H,23,24,25). The van der Waals surface area contributed by atoms with Crippen LogP contribution in [0.5, 0.6) is 0 Å². The van der Waals surface area contributed by atoms with Crippen molar-refractivity contribution in [2.24, 2.45) is 0 Å². The third kappa shape index (κ3) is 3.78. The van der Waals surface area contributed by atoms with Crippen molar-refractivity contribution in [3.8, 4) is 0 Å². The summed E-state index contributed by atoms with van der Waals surface area (Å²) >= 11 is 3.42. The fourth-order valence-electron chi connectivity index (χ4n) is 2.93. The summed E-state index contributed by atoms with van der Waals surface area (Å²) in [4.78, 5) is 21.9. The van der Waals surface area contributed by atoms with E-state index >= 15 is 0 Å². The fourth-order valence-corrected chi connectivity index (χ4v) is 3.20. The number of halogens is 1. The lowest BCUT2D eigenvalue weighted by molar-refractivity contribution is 0.832. The van der Waals surface area contributed by atoms with E-state index in [1.54, 1.807) is 0 Å². The molecule has 2 aromatic heterocycles. The molecule has 4 aromatic rings. The second kappa shape index (κ2) is 7.36. The SMILES string of the molecule is Cc1nc2nc(CNc3ccc(Br)cc3)[nH]n2c(=O)c1Cc1ccccc1. The number of nitrogens with one attached hydrogen (secondary N) is 2. The number of fused-ring (bicyclic) bond motifs is 1. The van der Waals surface area contributed by atoms with Crippen molar-refractivity contribution >= 4 is 27.4 Å². The second-order valence-corrected chi connectivity index (χ2v) is 7.23. The van der Waals surface area contributed by atoms with Crippen molar-refractivity contribution in [3.63, 3.8) is 0 Å². The molecule has 0 atom stereocenters. The number of aromatic nitrogens is 4. The summed E-state index contributed by atoms with van der Waals surface area (Å²) in [5.41, 5.74) is 3.33. The highest BCUT2D eigenvalue weighted by atomic mass is 79.9. The molecule has 2 heterocycles. The smallest absolute Gasteiger partial charge is 0.277 e. The third-order valence-corrected chi connectivity index (χ3v) is 4.90. The summed E-state index contributed by atoms with van der Waals surface area (Å²) in [6, 6.07) is 17.8. The number of hydrogen-bond donors (Lipinski definition) is 2. The van der Waals surface area contributed by atoms with E-state index in [4.69, 9.17) is 0 Å². The predicted molar refractivity (Wildman–Crippen MR) is 109 cm³/mol. The monoisotopic (exact) mass is 423 g/mol. The molecule has 0 aliphatic heterocycles. The van der Waals surface area contributed by atoms with Gasteiger partial charge in [-0.1, -0.05) is 46.3 Å². The lowest BCUT2D eigenvalue weighted by Crippen LogP contribution is -2.22. The van der Waals surface area contributed by atoms with Gasteiger partial charge in [-0.05, 0) is 36.8 Å². The van der Waals surface area contributed by atoms with Crippen LogP contribution in [0, 0.1) is 6.92 Å². The van der Waals surface area contributed by atoms with Crippen molar-refractivity contribution in [1.82, 2.24) is 19.6 Å². The van der Waals surface area contributed by atoms with E-state index in [0.717, 1.165) is 15.7 Å². The van der Waals surface area contributed by atoms with Gasteiger partial charge in [-0.15, -0.1) is 0 Å². The zero-order chi connectivity index (χ0) is 18.8. The summed E-state index contributed by atoms with van der Waals surface area (Å²) in [7, 11) is 0. The Morgan fingerprint density at radius 3 is 2.56 bits per heavy atom. The van der Waals surface area contributed by atoms with Crippen molar-refractivity contribution in [2.45, 2.75) is 19.9 Å². The molecule has 0 fully saturated rings. The molecule has 6 nitrogen and oxygen atoms in total. The maximum atomic E-state index is 12.9. The Hall–Kier alpha value is -2.93. The number of benzene rings is 2. The molecule has 2 aromatic carbocycles. The van der Waals surface area contributed by atoms with Crippen LogP contribution in [-0.2, 0) is 13.0 Å². The van der Waals surface area contributed by atoms with Gasteiger partial charge >= 0.3 is 0 Å². The van der Waals surface area contributed by atoms with Crippen LogP contribution in [0.3, 0.4) is 0 Å². The number of aromatic amines is 1. The minimum Gasteiger partial charge on any atom is -0.378 e. The molecule has 2 N–H and O–H groups in total. The normalized spacial score (nSPS) is 11.0. The molecular weight excluding hydrogens is 406 g/mol. The van der Waals surface area contributed by atoms with E-state index in [2.05, 4.69) is 36.3 Å². The quantitative estimate of drug-likeness (QED) is 0.513. The fraction of sp³-hybridized carbons (Fsp3) is 0.150. The predicted octanol–water partition coefficient (Wildman–Crippen LogP) is 3.69. The highest BCUT2D eigenvalue weighted by Gasteiger charge is 2.13. The zero-order valence-corrected chi connectivity index (χ0v) is 16.3. The van der Waals surface area contributed by atoms with Crippen LogP contribution in [-0.4, -0.2) is 19.6 Å². The van der Waals surface area contributed by atoms with Crippen LogP contribution in [0.4, 0.5) is 5.69 Å². The van der Waals surface area contributed by atoms with Crippen molar-refractivity contribution in [2.75, 3.05) is 5.32 Å². The summed E-state index contributed by atoms with van der Waals surface area (Å²) in [5, 5.41) is 6.34. The molecule has 0 radical (unpaired) electrons. The van der Waals surface area contributed by atoms with Gasteiger partial charge in [0.1, 0.15) is 5.82 Å². The molecule has 27 heavy (non-hydrogen) atoms. The zero-order valence-electron chi connectivity index (χ0n) is 14.7. The highest BCUT2D eigenvalue weighted by Crippen LogP contribution is 2.15. The first-order chi connectivity index (χ1) is 13.1. The Labute approximate surface area is 164 Å². The molecule has 4 rings (SSSR count). The lowest BCUT2D eigenvalue weighted by atomic mass is 10.1. The number of H-pyrrole nitrogens is 1. The molecule has 0 spiro atoms. The molecule has 0 amide bonds. The van der Waals surface area contributed by atoms with Crippen molar-refractivity contribution in [1.29, 1.82) is 0 Å². The topological polar surface area (TPSA) is 75.1 Å². The Kier molecular flexibility index (Phi) is 4.77. The maximum absolute atomic E-state index is 12.9. The molecule has 136 valence electrons. The molecular formula is C20H18BrN5O. The number of anilines is 1. The number of hydrogen-bond acceptors (Lipinski definition) is 4. The molecule has 0 saturated heterocycles. The Bertz CT molecular complexity index is 1130. The summed E-state index contributed by atoms with van der Waals surface area (Å²) in [6.45, 7) is 2.33. The van der Waals surface area contributed by atoms with E-state index < -0.39 is 0 Å². The molecule has 0 aliphatic rings. The Morgan fingerprint density at radius 1 is 1.07 bits per heavy atom. The highest BCUT2D eigenvalue weighted by molar-refractivity contribution is 9.10. The van der Waals surface area contributed by atoms with Gasteiger partial charge in [0.2, 0.25) is 0 Å². The summed E-state index contributed by atoms with van der Waals surface area (Å²) < 4.78 is 2.44. The van der Waals surface area contributed by atoms with E-state index in [1.165, 1.54) is 4.52 Å². The number of rotatable bonds is 5. The van der Waals surface area contributed by atoms with Crippen LogP contribution in [0.1, 0.15) is 22.6 Å². The van der Waals surface area contributed by atoms with Gasteiger partial charge in [-0.2, -0.15) is 9.50 Å². The molecule has 0 aliphatic carbocycles. The lowest BCUT2D eigenvalue weighted by Gasteiger charge is -2.05. The van der Waals surface area contributed by atoms with Gasteiger partial charge in [0, 0.05) is 22.1 Å². The van der Waals surface area contributed by atoms with E-state index in [9.17, 15) is 4.79 Å². The average molecular weight is 424 g/mol. The van der Waals surface area contributed by atoms with Crippen LogP contribution in [0.15, 0.2) is 63.9 Å². The van der Waals surface area contributed by atoms with Crippen LogP contribution in [0.25, 0.3) is 5.78 Å². The van der Waals surface area contributed by atoms with Gasteiger partial charge in [-0.25, -0.2) is 4.98 Å². The van der Waals surface area contributed by atoms with E-state index in [-0.39, 0.29) is 5.56 Å². The largest absolute Gasteiger partial charge is 0.378 e. The first-order valence-electron chi connectivity index (χ1n) is 8.60. The van der Waals surface area contributed by atoms with Gasteiger partial charge in [0.25, 0.3) is 11.3 Å². The minimum atomic E-state index is -0.108. The molecule has 7 heteroatoms. The maximum Gasteiger partial charge on any atom is 0.277 e. The third-order valence-electron chi connectivity index (χ3n) is 4.37. The Morgan fingerprint density at radius 2 is 1.81 bits per heavy atom. The second-order valence-electron chi connectivity index (χ2n) is 6.31. The van der Waals surface area contributed by atoms with Crippen LogP contribution in [0.2, 0.25) is 0 Å². The Balaban J connectivity index is 1.61. The van der Waals surface area contributed by atoms with E-state index in [0.29, 0.717) is 35.8 Å². The first-order valence-corrected chi connectivity index (χ1v) is 9.40. The first kappa shape index (κ1) is 17.5. The average Bonchev–Trinajstić information content (AvgIpc) is 3.08. The van der Waals surface area contributed by atoms with Crippen LogP contribution < -0.4 is 10.9 Å². The van der Waals surface area contributed by atoms with Gasteiger partial charge in [-0.3, -0.25) is 9.89 Å². The van der Waals surface area contributed by atoms with Gasteiger partial charge < -0.3 is 5.32 Å². The molecule has 0 saturated carbocycles. The van der Waals surface area contributed by atoms with E-state index in [1.807, 2.05) is 61.5 Å². The number of aryl methyl sites for hydroxylation is 1. The van der Waals surface area contributed by atoms with Crippen molar-refractivity contribution in [3.05, 3.63) is 92.1 Å². The van der Waals surface area contributed by atoms with Gasteiger partial charge in [0.05, 0.1) is 12.2 Å². The van der Waals surface area contributed by atoms with Gasteiger partial charge in [0.15, 0.2) is 0 Å². The molecule has 0 unspecified atom stereocenters. The molecule has 0 bridgehead atoms. The summed E-state index contributed by atoms with van der Waals surface area (Å²) in [5.74, 6) is 1.04. The number of nitrogens with zero attached hydrogens (tertiary/aromatic N) is 3. The van der Waals surface area contributed by atoms with Crippen molar-refractivity contribution < 1.29 is 0 Å². The minimum absolute atomic E-state index is 0.108. The summed E-state index contributed by atoms with van der Waals surface area (Å²) in [6.07, 6.45) is 0.549. The van der Waals surface area contributed by atoms with Crippen LogP contribution >= 0.6 is 15.9 Å².